The van der Waals surface area contributed by atoms with Gasteiger partial charge in [0.15, 0.2) is 5.16 Å². The Morgan fingerprint density at radius 1 is 1.19 bits per heavy atom. The van der Waals surface area contributed by atoms with Gasteiger partial charge in [0.05, 0.1) is 0 Å². The van der Waals surface area contributed by atoms with Crippen molar-refractivity contribution in [2.75, 3.05) is 5.32 Å². The first kappa shape index (κ1) is 15.3. The molecule has 0 aliphatic rings. The Morgan fingerprint density at radius 3 is 2.43 bits per heavy atom. The summed E-state index contributed by atoms with van der Waals surface area (Å²) < 4.78 is 37.6. The van der Waals surface area contributed by atoms with Gasteiger partial charge in [-0.3, -0.25) is 4.79 Å². The number of hydrogen-bond donors (Lipinski definition) is 1. The summed E-state index contributed by atoms with van der Waals surface area (Å²) in [5.74, 6) is -0.198. The maximum absolute atomic E-state index is 12.5. The minimum atomic E-state index is -4.49. The van der Waals surface area contributed by atoms with Gasteiger partial charge in [0.1, 0.15) is 5.69 Å². The molecule has 0 radical (unpaired) electrons. The summed E-state index contributed by atoms with van der Waals surface area (Å²) in [4.78, 5) is 18.8. The number of carbonyl (C=O) groups excluding carboxylic acids is 1. The first-order chi connectivity index (χ1) is 9.84. The SMILES string of the molecule is CC(=O)Nc1ccc(Sc2nccc(C(F)(F)F)n2)cc1. The summed E-state index contributed by atoms with van der Waals surface area (Å²) >= 11 is 1.01. The molecule has 0 spiro atoms. The predicted molar refractivity (Wildman–Crippen MR) is 71.9 cm³/mol. The Balaban J connectivity index is 2.13. The molecule has 0 fully saturated rings. The molecule has 1 N–H and O–H groups in total. The molecule has 4 nitrogen and oxygen atoms in total. The highest BCUT2D eigenvalue weighted by atomic mass is 32.2. The summed E-state index contributed by atoms with van der Waals surface area (Å²) in [5.41, 5.74) is -0.369. The van der Waals surface area contributed by atoms with Crippen LogP contribution in [0.5, 0.6) is 0 Å². The van der Waals surface area contributed by atoms with Crippen molar-refractivity contribution in [2.45, 2.75) is 23.2 Å². The van der Waals surface area contributed by atoms with Crippen LogP contribution in [0.25, 0.3) is 0 Å². The molecule has 0 aliphatic heterocycles. The molecular weight excluding hydrogens is 303 g/mol. The van der Waals surface area contributed by atoms with E-state index in [0.717, 1.165) is 24.0 Å². The van der Waals surface area contributed by atoms with E-state index in [2.05, 4.69) is 15.3 Å². The molecule has 21 heavy (non-hydrogen) atoms. The van der Waals surface area contributed by atoms with Crippen molar-refractivity contribution in [3.05, 3.63) is 42.2 Å². The number of rotatable bonds is 3. The van der Waals surface area contributed by atoms with Crippen LogP contribution in [0, 0.1) is 0 Å². The van der Waals surface area contributed by atoms with E-state index in [-0.39, 0.29) is 11.1 Å². The van der Waals surface area contributed by atoms with Crippen LogP contribution in [0.2, 0.25) is 0 Å². The average molecular weight is 313 g/mol. The molecule has 2 rings (SSSR count). The number of nitrogens with zero attached hydrogens (tertiary/aromatic N) is 2. The van der Waals surface area contributed by atoms with E-state index in [1.807, 2.05) is 0 Å². The molecular formula is C13H10F3N3OS. The number of anilines is 1. The third kappa shape index (κ3) is 4.45. The van der Waals surface area contributed by atoms with Crippen LogP contribution >= 0.6 is 11.8 Å². The Morgan fingerprint density at radius 2 is 1.86 bits per heavy atom. The van der Waals surface area contributed by atoms with Gasteiger partial charge in [-0.15, -0.1) is 0 Å². The third-order valence-electron chi connectivity index (χ3n) is 2.31. The Bertz CT molecular complexity index is 644. The molecule has 0 unspecified atom stereocenters. The zero-order valence-electron chi connectivity index (χ0n) is 10.8. The maximum atomic E-state index is 12.5. The summed E-state index contributed by atoms with van der Waals surface area (Å²) in [6.07, 6.45) is -3.42. The van der Waals surface area contributed by atoms with Gasteiger partial charge in [-0.05, 0) is 42.1 Å². The predicted octanol–water partition coefficient (Wildman–Crippen LogP) is 3.61. The van der Waals surface area contributed by atoms with Crippen molar-refractivity contribution in [2.24, 2.45) is 0 Å². The van der Waals surface area contributed by atoms with Crippen LogP contribution in [0.15, 0.2) is 46.6 Å². The van der Waals surface area contributed by atoms with Gasteiger partial charge in [0.25, 0.3) is 0 Å². The molecule has 0 aliphatic carbocycles. The van der Waals surface area contributed by atoms with Gasteiger partial charge in [0, 0.05) is 23.7 Å². The highest BCUT2D eigenvalue weighted by Crippen LogP contribution is 2.30. The Kier molecular flexibility index (Phi) is 4.46. The monoisotopic (exact) mass is 313 g/mol. The van der Waals surface area contributed by atoms with Gasteiger partial charge >= 0.3 is 6.18 Å². The van der Waals surface area contributed by atoms with Crippen LogP contribution in [0.4, 0.5) is 18.9 Å². The lowest BCUT2D eigenvalue weighted by atomic mass is 10.3. The molecule has 8 heteroatoms. The molecule has 0 atom stereocenters. The van der Waals surface area contributed by atoms with Gasteiger partial charge in [-0.25, -0.2) is 9.97 Å². The maximum Gasteiger partial charge on any atom is 0.433 e. The number of benzene rings is 1. The van der Waals surface area contributed by atoms with Gasteiger partial charge in [-0.1, -0.05) is 0 Å². The Labute approximate surface area is 122 Å². The number of alkyl halides is 3. The molecule has 110 valence electrons. The summed E-state index contributed by atoms with van der Waals surface area (Å²) in [6, 6.07) is 7.46. The standard InChI is InChI=1S/C13H10F3N3OS/c1-8(20)18-9-2-4-10(5-3-9)21-12-17-7-6-11(19-12)13(14,15)16/h2-7H,1H3,(H,18,20). The van der Waals surface area contributed by atoms with Crippen molar-refractivity contribution < 1.29 is 18.0 Å². The van der Waals surface area contributed by atoms with E-state index < -0.39 is 11.9 Å². The number of hydrogen-bond acceptors (Lipinski definition) is 4. The van der Waals surface area contributed by atoms with Crippen molar-refractivity contribution >= 4 is 23.4 Å². The minimum absolute atomic E-state index is 0.0112. The van der Waals surface area contributed by atoms with E-state index in [0.29, 0.717) is 10.6 Å². The van der Waals surface area contributed by atoms with E-state index in [1.54, 1.807) is 24.3 Å². The number of halogens is 3. The van der Waals surface area contributed by atoms with Gasteiger partial charge in [-0.2, -0.15) is 13.2 Å². The van der Waals surface area contributed by atoms with E-state index >= 15 is 0 Å². The molecule has 0 bridgehead atoms. The van der Waals surface area contributed by atoms with Crippen LogP contribution in [-0.4, -0.2) is 15.9 Å². The van der Waals surface area contributed by atoms with Crippen molar-refractivity contribution in [1.29, 1.82) is 0 Å². The number of nitrogens with one attached hydrogen (secondary N) is 1. The molecule has 1 amide bonds. The normalized spacial score (nSPS) is 11.2. The quantitative estimate of drug-likeness (QED) is 0.880. The third-order valence-corrected chi connectivity index (χ3v) is 3.19. The summed E-state index contributed by atoms with van der Waals surface area (Å²) in [5, 5.41) is 2.61. The summed E-state index contributed by atoms with van der Waals surface area (Å²) in [6.45, 7) is 1.39. The van der Waals surface area contributed by atoms with Crippen molar-refractivity contribution in [3.63, 3.8) is 0 Å². The number of amides is 1. The zero-order valence-corrected chi connectivity index (χ0v) is 11.6. The lowest BCUT2D eigenvalue weighted by Crippen LogP contribution is -2.08. The molecule has 0 saturated heterocycles. The van der Waals surface area contributed by atoms with Gasteiger partial charge in [0.2, 0.25) is 5.91 Å². The van der Waals surface area contributed by atoms with Crippen LogP contribution in [0.3, 0.4) is 0 Å². The lowest BCUT2D eigenvalue weighted by Gasteiger charge is -2.07. The first-order valence-electron chi connectivity index (χ1n) is 5.80. The fourth-order valence-electron chi connectivity index (χ4n) is 1.46. The smallest absolute Gasteiger partial charge is 0.326 e. The number of aromatic nitrogens is 2. The van der Waals surface area contributed by atoms with E-state index in [9.17, 15) is 18.0 Å². The highest BCUT2D eigenvalue weighted by Gasteiger charge is 2.32. The molecule has 0 saturated carbocycles. The molecule has 1 aromatic heterocycles. The largest absolute Gasteiger partial charge is 0.433 e. The second-order valence-electron chi connectivity index (χ2n) is 4.03. The van der Waals surface area contributed by atoms with Gasteiger partial charge < -0.3 is 5.32 Å². The first-order valence-corrected chi connectivity index (χ1v) is 6.62. The summed E-state index contributed by atoms with van der Waals surface area (Å²) in [7, 11) is 0. The fourth-order valence-corrected chi connectivity index (χ4v) is 2.20. The topological polar surface area (TPSA) is 54.9 Å². The second-order valence-corrected chi connectivity index (χ2v) is 5.07. The molecule has 2 aromatic rings. The number of carbonyl (C=O) groups is 1. The molecule has 1 heterocycles. The molecule has 1 aromatic carbocycles. The zero-order chi connectivity index (χ0) is 15.5. The average Bonchev–Trinajstić information content (AvgIpc) is 2.40. The van der Waals surface area contributed by atoms with Crippen molar-refractivity contribution in [1.82, 2.24) is 9.97 Å². The lowest BCUT2D eigenvalue weighted by molar-refractivity contribution is -0.141. The van der Waals surface area contributed by atoms with Crippen LogP contribution < -0.4 is 5.32 Å². The highest BCUT2D eigenvalue weighted by molar-refractivity contribution is 7.99. The minimum Gasteiger partial charge on any atom is -0.326 e. The van der Waals surface area contributed by atoms with E-state index in [1.165, 1.54) is 6.92 Å². The van der Waals surface area contributed by atoms with E-state index in [4.69, 9.17) is 0 Å². The fraction of sp³-hybridized carbons (Fsp3) is 0.154. The van der Waals surface area contributed by atoms with Crippen LogP contribution in [0.1, 0.15) is 12.6 Å². The van der Waals surface area contributed by atoms with Crippen LogP contribution in [-0.2, 0) is 11.0 Å². The second kappa shape index (κ2) is 6.13. The Hall–Kier alpha value is -2.09. The van der Waals surface area contributed by atoms with Crippen molar-refractivity contribution in [3.8, 4) is 0 Å².